The Morgan fingerprint density at radius 1 is 1.20 bits per heavy atom. The highest BCUT2D eigenvalue weighted by atomic mass is 32.2. The molecule has 0 saturated carbocycles. The zero-order chi connectivity index (χ0) is 18.4. The van der Waals surface area contributed by atoms with E-state index in [4.69, 9.17) is 0 Å². The van der Waals surface area contributed by atoms with Crippen LogP contribution in [0.1, 0.15) is 11.3 Å². The molecular formula is C16H24N6O2S. The van der Waals surface area contributed by atoms with Gasteiger partial charge in [0.1, 0.15) is 0 Å². The van der Waals surface area contributed by atoms with E-state index in [1.54, 1.807) is 36.1 Å². The fraction of sp³-hybridized carbons (Fsp3) is 0.375. The number of aliphatic imine (C=N–C) groups is 1. The maximum atomic E-state index is 12.4. The second-order valence-electron chi connectivity index (χ2n) is 5.62. The molecule has 9 heteroatoms. The predicted octanol–water partition coefficient (Wildman–Crippen LogP) is 0.536. The van der Waals surface area contributed by atoms with Crippen LogP contribution in [0, 0.1) is 0 Å². The molecule has 1 aromatic carbocycles. The minimum absolute atomic E-state index is 0.287. The van der Waals surface area contributed by atoms with Gasteiger partial charge in [-0.3, -0.25) is 9.67 Å². The molecule has 0 aliphatic heterocycles. The van der Waals surface area contributed by atoms with Crippen LogP contribution in [-0.4, -0.2) is 49.6 Å². The number of hydrogen-bond donors (Lipinski definition) is 2. The van der Waals surface area contributed by atoms with Crippen molar-refractivity contribution in [3.63, 3.8) is 0 Å². The van der Waals surface area contributed by atoms with Crippen LogP contribution >= 0.6 is 0 Å². The molecule has 0 fully saturated rings. The smallest absolute Gasteiger partial charge is 0.242 e. The van der Waals surface area contributed by atoms with Crippen molar-refractivity contribution in [1.82, 2.24) is 24.7 Å². The normalized spacial score (nSPS) is 12.4. The van der Waals surface area contributed by atoms with Crippen molar-refractivity contribution in [2.24, 2.45) is 12.0 Å². The SMILES string of the molecule is CN=C(NCc1ccccc1S(=O)(=O)N(C)C)NCc1ccnn1C. The van der Waals surface area contributed by atoms with Gasteiger partial charge in [0.2, 0.25) is 10.0 Å². The summed E-state index contributed by atoms with van der Waals surface area (Å²) in [6, 6.07) is 8.85. The maximum Gasteiger partial charge on any atom is 0.242 e. The zero-order valence-electron chi connectivity index (χ0n) is 14.9. The van der Waals surface area contributed by atoms with Crippen LogP contribution in [0.3, 0.4) is 0 Å². The number of guanidine groups is 1. The molecule has 1 aromatic heterocycles. The molecule has 2 N–H and O–H groups in total. The Morgan fingerprint density at radius 3 is 2.48 bits per heavy atom. The summed E-state index contributed by atoms with van der Waals surface area (Å²) in [5, 5.41) is 10.4. The van der Waals surface area contributed by atoms with Gasteiger partial charge < -0.3 is 10.6 Å². The fourth-order valence-corrected chi connectivity index (χ4v) is 3.36. The quantitative estimate of drug-likeness (QED) is 0.576. The molecule has 0 bridgehead atoms. The molecule has 1 heterocycles. The second-order valence-corrected chi connectivity index (χ2v) is 7.74. The predicted molar refractivity (Wildman–Crippen MR) is 97.6 cm³/mol. The number of benzene rings is 1. The maximum absolute atomic E-state index is 12.4. The Hall–Kier alpha value is -2.39. The molecule has 0 spiro atoms. The number of rotatable bonds is 6. The average molecular weight is 364 g/mol. The average Bonchev–Trinajstić information content (AvgIpc) is 3.00. The Morgan fingerprint density at radius 2 is 1.88 bits per heavy atom. The van der Waals surface area contributed by atoms with Crippen molar-refractivity contribution in [2.45, 2.75) is 18.0 Å². The van der Waals surface area contributed by atoms with Crippen LogP contribution in [0.25, 0.3) is 0 Å². The van der Waals surface area contributed by atoms with Crippen molar-refractivity contribution < 1.29 is 8.42 Å². The molecule has 0 saturated heterocycles. The molecule has 2 rings (SSSR count). The van der Waals surface area contributed by atoms with Crippen LogP contribution < -0.4 is 10.6 Å². The Bertz CT molecular complexity index is 842. The van der Waals surface area contributed by atoms with Crippen molar-refractivity contribution in [3.8, 4) is 0 Å². The summed E-state index contributed by atoms with van der Waals surface area (Å²) in [5.41, 5.74) is 1.69. The minimum Gasteiger partial charge on any atom is -0.352 e. The van der Waals surface area contributed by atoms with Crippen LogP contribution in [0.5, 0.6) is 0 Å². The van der Waals surface area contributed by atoms with Gasteiger partial charge in [-0.2, -0.15) is 5.10 Å². The third-order valence-corrected chi connectivity index (χ3v) is 5.68. The van der Waals surface area contributed by atoms with E-state index in [-0.39, 0.29) is 4.90 Å². The number of sulfonamides is 1. The first-order valence-electron chi connectivity index (χ1n) is 7.78. The van der Waals surface area contributed by atoms with Gasteiger partial charge >= 0.3 is 0 Å². The third-order valence-electron chi connectivity index (χ3n) is 3.76. The lowest BCUT2D eigenvalue weighted by Crippen LogP contribution is -2.37. The summed E-state index contributed by atoms with van der Waals surface area (Å²) < 4.78 is 27.8. The third kappa shape index (κ3) is 4.58. The molecule has 25 heavy (non-hydrogen) atoms. The molecule has 136 valence electrons. The topological polar surface area (TPSA) is 91.6 Å². The molecule has 8 nitrogen and oxygen atoms in total. The van der Waals surface area contributed by atoms with Gasteiger partial charge in [-0.25, -0.2) is 12.7 Å². The first-order valence-corrected chi connectivity index (χ1v) is 9.22. The lowest BCUT2D eigenvalue weighted by atomic mass is 10.2. The summed E-state index contributed by atoms with van der Waals surface area (Å²) in [6.45, 7) is 0.905. The highest BCUT2D eigenvalue weighted by Crippen LogP contribution is 2.18. The second kappa shape index (κ2) is 8.13. The molecule has 0 unspecified atom stereocenters. The van der Waals surface area contributed by atoms with Crippen LogP contribution in [-0.2, 0) is 30.2 Å². The molecule has 0 aliphatic rings. The van der Waals surface area contributed by atoms with Crippen LogP contribution in [0.15, 0.2) is 46.4 Å². The molecule has 0 radical (unpaired) electrons. The Balaban J connectivity index is 2.06. The van der Waals surface area contributed by atoms with Gasteiger partial charge in [-0.1, -0.05) is 18.2 Å². The summed E-state index contributed by atoms with van der Waals surface area (Å²) in [5.74, 6) is 0.582. The van der Waals surface area contributed by atoms with Gasteiger partial charge in [0.25, 0.3) is 0 Å². The zero-order valence-corrected chi connectivity index (χ0v) is 15.7. The summed E-state index contributed by atoms with van der Waals surface area (Å²) in [6.07, 6.45) is 1.73. The van der Waals surface area contributed by atoms with Crippen molar-refractivity contribution in [1.29, 1.82) is 0 Å². The minimum atomic E-state index is -3.49. The van der Waals surface area contributed by atoms with E-state index >= 15 is 0 Å². The Labute approximate surface area is 148 Å². The van der Waals surface area contributed by atoms with E-state index < -0.39 is 10.0 Å². The van der Waals surface area contributed by atoms with Crippen molar-refractivity contribution in [3.05, 3.63) is 47.8 Å². The van der Waals surface area contributed by atoms with Crippen molar-refractivity contribution >= 4 is 16.0 Å². The van der Waals surface area contributed by atoms with Gasteiger partial charge in [0.15, 0.2) is 5.96 Å². The molecule has 2 aromatic rings. The van der Waals surface area contributed by atoms with E-state index in [2.05, 4.69) is 20.7 Å². The number of nitrogens with one attached hydrogen (secondary N) is 2. The van der Waals surface area contributed by atoms with Crippen LogP contribution in [0.2, 0.25) is 0 Å². The van der Waals surface area contributed by atoms with E-state index in [1.807, 2.05) is 19.2 Å². The van der Waals surface area contributed by atoms with E-state index in [9.17, 15) is 8.42 Å². The lowest BCUT2D eigenvalue weighted by Gasteiger charge is -2.17. The van der Waals surface area contributed by atoms with E-state index in [1.165, 1.54) is 18.4 Å². The molecular weight excluding hydrogens is 340 g/mol. The number of aryl methyl sites for hydroxylation is 1. The number of aromatic nitrogens is 2. The lowest BCUT2D eigenvalue weighted by molar-refractivity contribution is 0.519. The van der Waals surface area contributed by atoms with Crippen LogP contribution in [0.4, 0.5) is 0 Å². The Kier molecular flexibility index (Phi) is 6.16. The molecule has 0 atom stereocenters. The summed E-state index contributed by atoms with van der Waals surface area (Å²) >= 11 is 0. The fourth-order valence-electron chi connectivity index (χ4n) is 2.25. The first-order chi connectivity index (χ1) is 11.9. The van der Waals surface area contributed by atoms with E-state index in [0.29, 0.717) is 24.6 Å². The van der Waals surface area contributed by atoms with E-state index in [0.717, 1.165) is 5.69 Å². The summed E-state index contributed by atoms with van der Waals surface area (Å²) in [4.78, 5) is 4.45. The highest BCUT2D eigenvalue weighted by molar-refractivity contribution is 7.89. The van der Waals surface area contributed by atoms with Gasteiger partial charge in [-0.05, 0) is 17.7 Å². The number of nitrogens with zero attached hydrogens (tertiary/aromatic N) is 4. The first kappa shape index (κ1) is 18.9. The van der Waals surface area contributed by atoms with Gasteiger partial charge in [0, 0.05) is 40.9 Å². The van der Waals surface area contributed by atoms with Gasteiger partial charge in [-0.15, -0.1) is 0 Å². The molecule has 0 aliphatic carbocycles. The number of hydrogen-bond acceptors (Lipinski definition) is 4. The largest absolute Gasteiger partial charge is 0.352 e. The summed E-state index contributed by atoms with van der Waals surface area (Å²) in [7, 11) is 3.09. The molecule has 0 amide bonds. The highest BCUT2D eigenvalue weighted by Gasteiger charge is 2.20. The van der Waals surface area contributed by atoms with Gasteiger partial charge in [0.05, 0.1) is 17.1 Å². The monoisotopic (exact) mass is 364 g/mol. The van der Waals surface area contributed by atoms with Crippen molar-refractivity contribution in [2.75, 3.05) is 21.1 Å². The standard InChI is InChI=1S/C16H24N6O2S/c1-17-16(19-12-14-9-10-20-22(14)4)18-11-13-7-5-6-8-15(13)25(23,24)21(2)3/h5-10H,11-12H2,1-4H3,(H2,17,18,19).